The van der Waals surface area contributed by atoms with Gasteiger partial charge in [-0.25, -0.2) is 0 Å². The minimum Gasteiger partial charge on any atom is -0.545 e. The summed E-state index contributed by atoms with van der Waals surface area (Å²) in [5.74, 6) is -2.56. The maximum atomic E-state index is 11.9. The van der Waals surface area contributed by atoms with Crippen LogP contribution in [0.4, 0.5) is 13.2 Å². The van der Waals surface area contributed by atoms with E-state index in [1.54, 1.807) is 0 Å². The molecule has 0 unspecified atom stereocenters. The van der Waals surface area contributed by atoms with E-state index in [0.29, 0.717) is 0 Å². The highest BCUT2D eigenvalue weighted by Gasteiger charge is 2.32. The molecule has 1 rings (SSSR count). The Morgan fingerprint density at radius 2 is 2.00 bits per heavy atom. The van der Waals surface area contributed by atoms with Gasteiger partial charge in [-0.1, -0.05) is 6.07 Å². The van der Waals surface area contributed by atoms with E-state index < -0.39 is 23.6 Å². The number of ether oxygens (including phenoxy) is 1. The second-order valence-corrected chi connectivity index (χ2v) is 3.30. The molecule has 7 heteroatoms. The molecule has 0 aliphatic carbocycles. The molecule has 1 aromatic rings. The SMILES string of the molecule is O=C([O-])c1c(Br)cccc1OC(F)(F)F. The normalized spacial score (nSPS) is 11.2. The van der Waals surface area contributed by atoms with Crippen molar-refractivity contribution in [3.8, 4) is 5.75 Å². The van der Waals surface area contributed by atoms with Crippen LogP contribution in [0, 0.1) is 0 Å². The Morgan fingerprint density at radius 1 is 1.40 bits per heavy atom. The zero-order valence-electron chi connectivity index (χ0n) is 6.97. The first-order chi connectivity index (χ1) is 6.81. The van der Waals surface area contributed by atoms with Crippen LogP contribution in [0.2, 0.25) is 0 Å². The summed E-state index contributed by atoms with van der Waals surface area (Å²) >= 11 is 2.79. The molecule has 0 radical (unpaired) electrons. The van der Waals surface area contributed by atoms with Crippen molar-refractivity contribution in [1.29, 1.82) is 0 Å². The number of carbonyl (C=O) groups excluding carboxylic acids is 1. The molecule has 0 saturated carbocycles. The Hall–Kier alpha value is -1.24. The van der Waals surface area contributed by atoms with Crippen LogP contribution in [0.15, 0.2) is 22.7 Å². The van der Waals surface area contributed by atoms with Crippen molar-refractivity contribution in [2.75, 3.05) is 0 Å². The first-order valence-corrected chi connectivity index (χ1v) is 4.36. The van der Waals surface area contributed by atoms with Crippen molar-refractivity contribution in [3.05, 3.63) is 28.2 Å². The van der Waals surface area contributed by atoms with Crippen LogP contribution in [-0.4, -0.2) is 12.3 Å². The van der Waals surface area contributed by atoms with Gasteiger partial charge in [0.2, 0.25) is 0 Å². The number of aromatic carboxylic acids is 1. The maximum Gasteiger partial charge on any atom is 0.573 e. The highest BCUT2D eigenvalue weighted by molar-refractivity contribution is 9.10. The molecule has 0 fully saturated rings. The van der Waals surface area contributed by atoms with Crippen molar-refractivity contribution >= 4 is 21.9 Å². The van der Waals surface area contributed by atoms with Gasteiger partial charge in [-0.3, -0.25) is 0 Å². The number of alkyl halides is 3. The summed E-state index contributed by atoms with van der Waals surface area (Å²) in [5.41, 5.74) is -0.671. The summed E-state index contributed by atoms with van der Waals surface area (Å²) in [6, 6.07) is 3.38. The lowest BCUT2D eigenvalue weighted by Gasteiger charge is -2.14. The Bertz CT molecular complexity index is 389. The number of benzene rings is 1. The molecule has 15 heavy (non-hydrogen) atoms. The van der Waals surface area contributed by atoms with Gasteiger partial charge < -0.3 is 14.6 Å². The van der Waals surface area contributed by atoms with Crippen molar-refractivity contribution in [2.24, 2.45) is 0 Å². The molecule has 1 aromatic carbocycles. The number of carboxylic acid groups (broad SMARTS) is 1. The average Bonchev–Trinajstić information content (AvgIpc) is 1.99. The summed E-state index contributed by atoms with van der Waals surface area (Å²) < 4.78 is 39.1. The van der Waals surface area contributed by atoms with Crippen LogP contribution in [0.1, 0.15) is 10.4 Å². The summed E-state index contributed by atoms with van der Waals surface area (Å²) in [6.07, 6.45) is -4.94. The number of rotatable bonds is 2. The highest BCUT2D eigenvalue weighted by atomic mass is 79.9. The van der Waals surface area contributed by atoms with Gasteiger partial charge in [-0.15, -0.1) is 13.2 Å². The smallest absolute Gasteiger partial charge is 0.545 e. The van der Waals surface area contributed by atoms with Crippen LogP contribution in [0.3, 0.4) is 0 Å². The number of carboxylic acids is 1. The van der Waals surface area contributed by atoms with Gasteiger partial charge in [-0.05, 0) is 28.1 Å². The lowest BCUT2D eigenvalue weighted by Crippen LogP contribution is -2.26. The van der Waals surface area contributed by atoms with Crippen LogP contribution in [0.25, 0.3) is 0 Å². The third kappa shape index (κ3) is 3.12. The van der Waals surface area contributed by atoms with Crippen molar-refractivity contribution in [3.63, 3.8) is 0 Å². The third-order valence-electron chi connectivity index (χ3n) is 1.41. The molecule has 82 valence electrons. The molecular weight excluding hydrogens is 281 g/mol. The van der Waals surface area contributed by atoms with Crippen molar-refractivity contribution in [2.45, 2.75) is 6.36 Å². The zero-order chi connectivity index (χ0) is 11.6. The van der Waals surface area contributed by atoms with Gasteiger partial charge in [0.25, 0.3) is 0 Å². The summed E-state index contributed by atoms with van der Waals surface area (Å²) in [4.78, 5) is 10.5. The van der Waals surface area contributed by atoms with Gasteiger partial charge >= 0.3 is 6.36 Å². The number of hydrogen-bond acceptors (Lipinski definition) is 3. The fourth-order valence-corrected chi connectivity index (χ4v) is 1.42. The molecule has 0 aliphatic heterocycles. The van der Waals surface area contributed by atoms with E-state index in [2.05, 4.69) is 20.7 Å². The number of hydrogen-bond donors (Lipinski definition) is 0. The number of halogens is 4. The Morgan fingerprint density at radius 3 is 2.47 bits per heavy atom. The van der Waals surface area contributed by atoms with Crippen LogP contribution in [-0.2, 0) is 0 Å². The van der Waals surface area contributed by atoms with E-state index in [9.17, 15) is 23.1 Å². The van der Waals surface area contributed by atoms with E-state index in [4.69, 9.17) is 0 Å². The molecule has 0 amide bonds. The van der Waals surface area contributed by atoms with Crippen LogP contribution < -0.4 is 9.84 Å². The first-order valence-electron chi connectivity index (χ1n) is 3.57. The van der Waals surface area contributed by atoms with E-state index in [1.165, 1.54) is 12.1 Å². The second-order valence-electron chi connectivity index (χ2n) is 2.45. The van der Waals surface area contributed by atoms with E-state index in [1.807, 2.05) is 0 Å². The molecule has 0 aromatic heterocycles. The third-order valence-corrected chi connectivity index (χ3v) is 2.07. The molecule has 0 spiro atoms. The first kappa shape index (κ1) is 11.8. The minimum absolute atomic E-state index is 0.0377. The quantitative estimate of drug-likeness (QED) is 0.830. The summed E-state index contributed by atoms with van der Waals surface area (Å²) in [6.45, 7) is 0. The monoisotopic (exact) mass is 283 g/mol. The molecule has 0 aliphatic rings. The molecule has 3 nitrogen and oxygen atoms in total. The predicted molar refractivity (Wildman–Crippen MR) is 45.2 cm³/mol. The van der Waals surface area contributed by atoms with E-state index >= 15 is 0 Å². The molecule has 0 saturated heterocycles. The summed E-state index contributed by atoms with van der Waals surface area (Å²) in [7, 11) is 0. The topological polar surface area (TPSA) is 49.4 Å². The van der Waals surface area contributed by atoms with E-state index in [-0.39, 0.29) is 4.47 Å². The fourth-order valence-electron chi connectivity index (χ4n) is 0.912. The predicted octanol–water partition coefficient (Wildman–Crippen LogP) is 1.71. The highest BCUT2D eigenvalue weighted by Crippen LogP contribution is 2.30. The Labute approximate surface area is 90.6 Å². The number of carbonyl (C=O) groups is 1. The Kier molecular flexibility index (Phi) is 3.23. The van der Waals surface area contributed by atoms with Crippen LogP contribution in [0.5, 0.6) is 5.75 Å². The second kappa shape index (κ2) is 4.09. The molecular formula is C8H3BrF3O3-. The molecule has 0 bridgehead atoms. The maximum absolute atomic E-state index is 11.9. The standard InChI is InChI=1S/C8H4BrF3O3/c9-4-2-1-3-5(6(4)7(13)14)15-8(10,11)12/h1-3H,(H,13,14)/p-1. The lowest BCUT2D eigenvalue weighted by atomic mass is 10.2. The van der Waals surface area contributed by atoms with Gasteiger partial charge in [0, 0.05) is 4.47 Å². The van der Waals surface area contributed by atoms with Gasteiger partial charge in [0.05, 0.1) is 11.5 Å². The van der Waals surface area contributed by atoms with Gasteiger partial charge in [0.1, 0.15) is 5.75 Å². The summed E-state index contributed by atoms with van der Waals surface area (Å²) in [5, 5.41) is 10.5. The fraction of sp³-hybridized carbons (Fsp3) is 0.125. The Balaban J connectivity index is 3.18. The molecule has 0 heterocycles. The van der Waals surface area contributed by atoms with Crippen molar-refractivity contribution < 1.29 is 27.8 Å². The van der Waals surface area contributed by atoms with Crippen molar-refractivity contribution in [1.82, 2.24) is 0 Å². The zero-order valence-corrected chi connectivity index (χ0v) is 8.55. The van der Waals surface area contributed by atoms with Gasteiger partial charge in [0.15, 0.2) is 0 Å². The minimum atomic E-state index is -4.94. The lowest BCUT2D eigenvalue weighted by molar-refractivity contribution is -0.276. The van der Waals surface area contributed by atoms with E-state index in [0.717, 1.165) is 6.07 Å². The molecule has 0 atom stereocenters. The van der Waals surface area contributed by atoms with Gasteiger partial charge in [-0.2, -0.15) is 0 Å². The average molecular weight is 284 g/mol. The largest absolute Gasteiger partial charge is 0.573 e. The van der Waals surface area contributed by atoms with Crippen LogP contribution >= 0.6 is 15.9 Å². The molecule has 0 N–H and O–H groups in total.